The van der Waals surface area contributed by atoms with Crippen molar-refractivity contribution >= 4 is 15.9 Å². The van der Waals surface area contributed by atoms with Gasteiger partial charge in [-0.25, -0.2) is 21.9 Å². The molecule has 0 unspecified atom stereocenters. The van der Waals surface area contributed by atoms with Gasteiger partial charge in [0.2, 0.25) is 15.9 Å². The quantitative estimate of drug-likeness (QED) is 0.631. The molecule has 2 aromatic carbocycles. The monoisotopic (exact) mass is 478 g/mol. The maximum Gasteiger partial charge on any atom is 0.243 e. The van der Waals surface area contributed by atoms with Crippen LogP contribution in [0.5, 0.6) is 5.75 Å². The van der Waals surface area contributed by atoms with Crippen LogP contribution in [0.25, 0.3) is 0 Å². The lowest BCUT2D eigenvalue weighted by Crippen LogP contribution is -2.36. The SMILES string of the molecule is COc1ccc(CCN2C(=O)C[C@H]3[C@H](CNS(=O)(=O)c4ccc(F)cc4F)[C@@H](C)C[C@H]32)cc1. The van der Waals surface area contributed by atoms with Crippen LogP contribution in [-0.2, 0) is 21.2 Å². The van der Waals surface area contributed by atoms with Crippen molar-refractivity contribution in [3.8, 4) is 5.75 Å². The molecule has 1 aliphatic heterocycles. The van der Waals surface area contributed by atoms with Crippen molar-refractivity contribution in [1.29, 1.82) is 0 Å². The molecule has 178 valence electrons. The molecule has 0 spiro atoms. The van der Waals surface area contributed by atoms with Crippen molar-refractivity contribution in [2.24, 2.45) is 17.8 Å². The molecule has 9 heteroatoms. The van der Waals surface area contributed by atoms with Crippen LogP contribution in [-0.4, -0.2) is 45.5 Å². The van der Waals surface area contributed by atoms with Crippen LogP contribution in [0, 0.1) is 29.4 Å². The van der Waals surface area contributed by atoms with E-state index in [4.69, 9.17) is 4.74 Å². The van der Waals surface area contributed by atoms with E-state index < -0.39 is 26.6 Å². The Morgan fingerprint density at radius 3 is 2.55 bits per heavy atom. The number of ether oxygens (including phenoxy) is 1. The van der Waals surface area contributed by atoms with Crippen molar-refractivity contribution in [1.82, 2.24) is 9.62 Å². The number of hydrogen-bond acceptors (Lipinski definition) is 4. The second-order valence-electron chi connectivity index (χ2n) is 8.92. The number of amides is 1. The second kappa shape index (κ2) is 9.38. The third-order valence-electron chi connectivity index (χ3n) is 7.01. The largest absolute Gasteiger partial charge is 0.497 e. The van der Waals surface area contributed by atoms with Gasteiger partial charge in [-0.05, 0) is 60.4 Å². The molecule has 1 amide bonds. The minimum absolute atomic E-state index is 0.0387. The zero-order valence-corrected chi connectivity index (χ0v) is 19.4. The fourth-order valence-electron chi connectivity index (χ4n) is 5.25. The molecule has 4 atom stereocenters. The summed E-state index contributed by atoms with van der Waals surface area (Å²) >= 11 is 0. The van der Waals surface area contributed by atoms with Crippen LogP contribution in [0.3, 0.4) is 0 Å². The lowest BCUT2D eigenvalue weighted by Gasteiger charge is -2.24. The molecule has 2 fully saturated rings. The van der Waals surface area contributed by atoms with Gasteiger partial charge < -0.3 is 9.64 Å². The highest BCUT2D eigenvalue weighted by atomic mass is 32.2. The highest BCUT2D eigenvalue weighted by Gasteiger charge is 2.50. The zero-order valence-electron chi connectivity index (χ0n) is 18.6. The van der Waals surface area contributed by atoms with Crippen LogP contribution < -0.4 is 9.46 Å². The minimum Gasteiger partial charge on any atom is -0.497 e. The third kappa shape index (κ3) is 4.89. The molecule has 0 radical (unpaired) electrons. The minimum atomic E-state index is -4.13. The maximum atomic E-state index is 14.0. The average molecular weight is 479 g/mol. The Morgan fingerprint density at radius 2 is 1.88 bits per heavy atom. The van der Waals surface area contributed by atoms with E-state index in [1.165, 1.54) is 0 Å². The van der Waals surface area contributed by atoms with Gasteiger partial charge in [-0.1, -0.05) is 19.1 Å². The van der Waals surface area contributed by atoms with E-state index in [9.17, 15) is 22.0 Å². The van der Waals surface area contributed by atoms with Gasteiger partial charge in [0.05, 0.1) is 7.11 Å². The van der Waals surface area contributed by atoms with E-state index in [0.717, 1.165) is 36.3 Å². The number of nitrogens with one attached hydrogen (secondary N) is 1. The summed E-state index contributed by atoms with van der Waals surface area (Å²) in [5.41, 5.74) is 1.11. The van der Waals surface area contributed by atoms with Gasteiger partial charge in [-0.2, -0.15) is 0 Å². The van der Waals surface area contributed by atoms with Gasteiger partial charge in [0, 0.05) is 31.6 Å². The number of sulfonamides is 1. The van der Waals surface area contributed by atoms with E-state index in [-0.39, 0.29) is 36.2 Å². The van der Waals surface area contributed by atoms with Crippen molar-refractivity contribution in [2.75, 3.05) is 20.2 Å². The molecule has 2 aliphatic rings. The van der Waals surface area contributed by atoms with Crippen LogP contribution in [0.4, 0.5) is 8.78 Å². The number of carbonyl (C=O) groups is 1. The molecule has 4 rings (SSSR count). The first-order chi connectivity index (χ1) is 15.7. The molecule has 1 N–H and O–H groups in total. The number of halogens is 2. The summed E-state index contributed by atoms with van der Waals surface area (Å²) in [5.74, 6) is -0.877. The number of carbonyl (C=O) groups excluding carboxylic acids is 1. The summed E-state index contributed by atoms with van der Waals surface area (Å²) in [6, 6.07) is 10.2. The lowest BCUT2D eigenvalue weighted by molar-refractivity contribution is -0.129. The van der Waals surface area contributed by atoms with Crippen molar-refractivity contribution in [2.45, 2.75) is 37.1 Å². The summed E-state index contributed by atoms with van der Waals surface area (Å²) in [7, 11) is -2.51. The van der Waals surface area contributed by atoms with E-state index in [1.807, 2.05) is 29.2 Å². The van der Waals surface area contributed by atoms with E-state index in [2.05, 4.69) is 11.6 Å². The van der Waals surface area contributed by atoms with Gasteiger partial charge in [0.1, 0.15) is 22.3 Å². The number of rotatable bonds is 8. The number of hydrogen-bond donors (Lipinski definition) is 1. The predicted molar refractivity (Wildman–Crippen MR) is 119 cm³/mol. The molecule has 1 aliphatic carbocycles. The molecular formula is C24H28F2N2O4S. The van der Waals surface area contributed by atoms with Crippen molar-refractivity contribution < 1.29 is 26.7 Å². The van der Waals surface area contributed by atoms with Crippen LogP contribution >= 0.6 is 0 Å². The van der Waals surface area contributed by atoms with Gasteiger partial charge in [-0.3, -0.25) is 4.79 Å². The summed E-state index contributed by atoms with van der Waals surface area (Å²) in [6.07, 6.45) is 1.92. The Hall–Kier alpha value is -2.52. The first-order valence-corrected chi connectivity index (χ1v) is 12.5. The Kier molecular flexibility index (Phi) is 6.72. The average Bonchev–Trinajstić information content (AvgIpc) is 3.23. The topological polar surface area (TPSA) is 75.7 Å². The fraction of sp³-hybridized carbons (Fsp3) is 0.458. The van der Waals surface area contributed by atoms with Crippen LogP contribution in [0.1, 0.15) is 25.3 Å². The highest BCUT2D eigenvalue weighted by molar-refractivity contribution is 7.89. The number of benzene rings is 2. The maximum absolute atomic E-state index is 14.0. The van der Waals surface area contributed by atoms with E-state index in [0.29, 0.717) is 19.0 Å². The van der Waals surface area contributed by atoms with Crippen molar-refractivity contribution in [3.63, 3.8) is 0 Å². The summed E-state index contributed by atoms with van der Waals surface area (Å²) < 4.78 is 60.0. The zero-order chi connectivity index (χ0) is 23.8. The summed E-state index contributed by atoms with van der Waals surface area (Å²) in [4.78, 5) is 14.1. The molecule has 2 aromatic rings. The molecule has 1 heterocycles. The molecule has 1 saturated carbocycles. The normalized spacial score (nSPS) is 24.8. The Bertz CT molecular complexity index is 1120. The standard InChI is InChI=1S/C24H28F2N2O4S/c1-15-11-22-19(13-24(29)28(22)10-9-16-3-6-18(32-2)7-4-16)20(15)14-27-33(30,31)23-8-5-17(25)12-21(23)26/h3-8,12,15,19-20,22,27H,9-11,13-14H2,1-2H3/t15-,19-,20+,22+/m0/s1. The predicted octanol–water partition coefficient (Wildman–Crippen LogP) is 3.37. The van der Waals surface area contributed by atoms with Gasteiger partial charge in [0.25, 0.3) is 0 Å². The van der Waals surface area contributed by atoms with Gasteiger partial charge in [-0.15, -0.1) is 0 Å². The van der Waals surface area contributed by atoms with Gasteiger partial charge in [0.15, 0.2) is 0 Å². The second-order valence-corrected chi connectivity index (χ2v) is 10.7. The lowest BCUT2D eigenvalue weighted by atomic mass is 9.89. The molecule has 0 bridgehead atoms. The summed E-state index contributed by atoms with van der Waals surface area (Å²) in [5, 5.41) is 0. The van der Waals surface area contributed by atoms with Crippen molar-refractivity contribution in [3.05, 3.63) is 59.7 Å². The first-order valence-electron chi connectivity index (χ1n) is 11.1. The van der Waals surface area contributed by atoms with Gasteiger partial charge >= 0.3 is 0 Å². The molecule has 33 heavy (non-hydrogen) atoms. The van der Waals surface area contributed by atoms with Crippen LogP contribution in [0.2, 0.25) is 0 Å². The highest BCUT2D eigenvalue weighted by Crippen LogP contribution is 2.46. The number of nitrogens with zero attached hydrogens (tertiary/aromatic N) is 1. The van der Waals surface area contributed by atoms with E-state index >= 15 is 0 Å². The van der Waals surface area contributed by atoms with Crippen LogP contribution in [0.15, 0.2) is 47.4 Å². The Morgan fingerprint density at radius 1 is 1.15 bits per heavy atom. The number of fused-ring (bicyclic) bond motifs is 1. The molecule has 1 saturated heterocycles. The summed E-state index contributed by atoms with van der Waals surface area (Å²) in [6.45, 7) is 2.78. The third-order valence-corrected chi connectivity index (χ3v) is 8.47. The smallest absolute Gasteiger partial charge is 0.243 e. The molecular weight excluding hydrogens is 450 g/mol. The molecule has 6 nitrogen and oxygen atoms in total. The number of likely N-dealkylation sites (tertiary alicyclic amines) is 1. The molecule has 0 aromatic heterocycles. The Balaban J connectivity index is 1.40. The van der Waals surface area contributed by atoms with E-state index in [1.54, 1.807) is 7.11 Å². The number of methoxy groups -OCH3 is 1. The first kappa shape index (κ1) is 23.6. The fourth-order valence-corrected chi connectivity index (χ4v) is 6.38. The Labute approximate surface area is 193 Å².